The van der Waals surface area contributed by atoms with Crippen LogP contribution in [-0.2, 0) is 0 Å². The number of benzene rings is 6. The molecule has 0 saturated carbocycles. The molecule has 61 heavy (non-hydrogen) atoms. The number of ketones is 2. The highest BCUT2D eigenvalue weighted by atomic mass is 19.1. The lowest BCUT2D eigenvalue weighted by molar-refractivity contribution is 0.100. The van der Waals surface area contributed by atoms with Gasteiger partial charge >= 0.3 is 11.3 Å². The summed E-state index contributed by atoms with van der Waals surface area (Å²) in [5, 5.41) is 11.6. The Labute approximate surface area is 345 Å². The molecule has 4 aromatic heterocycles. The first-order chi connectivity index (χ1) is 29.6. The van der Waals surface area contributed by atoms with Gasteiger partial charge in [-0.2, -0.15) is 5.26 Å². The monoisotopic (exact) mass is 803 g/mol. The van der Waals surface area contributed by atoms with Crippen LogP contribution in [-0.4, -0.2) is 11.6 Å². The van der Waals surface area contributed by atoms with Crippen molar-refractivity contribution in [3.63, 3.8) is 0 Å². The second kappa shape index (κ2) is 15.4. The zero-order valence-electron chi connectivity index (χ0n) is 32.4. The number of nitriles is 1. The topological polar surface area (TPSA) is 145 Å². The highest BCUT2D eigenvalue weighted by Gasteiger charge is 2.28. The SMILES string of the molecule is Cc1cc(=O)oc2c1ccc1oc(C(=O)c3ccc(C#N)cc3)c(-c3ccccc3)c12.Cc1cc(=O)oc2c1ccc1oc(C(=O)c3ccccc3F)c(-c3ccccc3)c12. The molecule has 0 saturated heterocycles. The highest BCUT2D eigenvalue weighted by Crippen LogP contribution is 2.42. The largest absolute Gasteiger partial charge is 0.452 e. The summed E-state index contributed by atoms with van der Waals surface area (Å²) < 4.78 is 37.4. The number of carbonyl (C=O) groups is 2. The number of aryl methyl sites for hydroxylation is 2. The van der Waals surface area contributed by atoms with Gasteiger partial charge in [-0.15, -0.1) is 0 Å². The smallest absolute Gasteiger partial charge is 0.336 e. The van der Waals surface area contributed by atoms with Gasteiger partial charge in [0.2, 0.25) is 11.6 Å². The zero-order chi connectivity index (χ0) is 42.4. The third-order valence-electron chi connectivity index (χ3n) is 10.5. The molecule has 9 nitrogen and oxygen atoms in total. The maximum absolute atomic E-state index is 14.4. The molecule has 4 heterocycles. The fourth-order valence-corrected chi connectivity index (χ4v) is 7.60. The minimum absolute atomic E-state index is 0.00189. The molecule has 0 aliphatic heterocycles. The second-order valence-electron chi connectivity index (χ2n) is 14.3. The quantitative estimate of drug-likeness (QED) is 0.118. The molecular formula is C51H30FNO8. The van der Waals surface area contributed by atoms with Gasteiger partial charge in [0.15, 0.2) is 11.5 Å². The van der Waals surface area contributed by atoms with Crippen LogP contribution in [0.25, 0.3) is 66.1 Å². The Balaban J connectivity index is 0.000000156. The molecule has 0 spiro atoms. The van der Waals surface area contributed by atoms with Crippen molar-refractivity contribution < 1.29 is 31.6 Å². The van der Waals surface area contributed by atoms with Crippen LogP contribution in [0.15, 0.2) is 173 Å². The summed E-state index contributed by atoms with van der Waals surface area (Å²) in [6, 6.07) is 42.8. The summed E-state index contributed by atoms with van der Waals surface area (Å²) in [6.45, 7) is 3.66. The Morgan fingerprint density at radius 1 is 0.541 bits per heavy atom. The third kappa shape index (κ3) is 6.80. The standard InChI is InChI=1S/C26H15NO4.C25H15FO4/c1-15-13-21(28)31-25-19(15)11-12-20-23(25)22(17-5-3-2-4-6-17)26(30-20)24(29)18-9-7-16(14-27)8-10-18;1-14-13-20(27)30-24-16(14)11-12-19-22(24)21(15-7-3-2-4-8-15)25(29-19)23(28)17-9-5-6-10-18(17)26/h2-13H,1H3;2-13H,1H3. The molecule has 0 aliphatic carbocycles. The van der Waals surface area contributed by atoms with E-state index in [1.54, 1.807) is 48.5 Å². The van der Waals surface area contributed by atoms with E-state index in [4.69, 9.17) is 22.9 Å². The van der Waals surface area contributed by atoms with E-state index in [0.717, 1.165) is 27.5 Å². The fourth-order valence-electron chi connectivity index (χ4n) is 7.60. The fraction of sp³-hybridized carbons (Fsp3) is 0.0392. The van der Waals surface area contributed by atoms with E-state index in [0.29, 0.717) is 60.9 Å². The number of hydrogen-bond acceptors (Lipinski definition) is 9. The van der Waals surface area contributed by atoms with E-state index < -0.39 is 22.9 Å². The number of carbonyl (C=O) groups excluding carboxylic acids is 2. The first kappa shape index (κ1) is 38.1. The molecule has 0 bridgehead atoms. The molecule has 0 radical (unpaired) electrons. The first-order valence-electron chi connectivity index (χ1n) is 19.1. The van der Waals surface area contributed by atoms with Crippen LogP contribution in [0.2, 0.25) is 0 Å². The van der Waals surface area contributed by atoms with Gasteiger partial charge in [0, 0.05) is 39.6 Å². The van der Waals surface area contributed by atoms with Crippen LogP contribution >= 0.6 is 0 Å². The Morgan fingerprint density at radius 2 is 1.00 bits per heavy atom. The summed E-state index contributed by atoms with van der Waals surface area (Å²) in [5.41, 5.74) is 5.46. The van der Waals surface area contributed by atoms with Crippen molar-refractivity contribution in [1.82, 2.24) is 0 Å². The maximum Gasteiger partial charge on any atom is 0.336 e. The number of furan rings is 2. The normalized spacial score (nSPS) is 11.1. The molecule has 10 aromatic rings. The molecule has 10 rings (SSSR count). The van der Waals surface area contributed by atoms with Crippen LogP contribution in [0.4, 0.5) is 4.39 Å². The lowest BCUT2D eigenvalue weighted by atomic mass is 9.96. The predicted octanol–water partition coefficient (Wildman–Crippen LogP) is 11.5. The zero-order valence-corrected chi connectivity index (χ0v) is 32.4. The van der Waals surface area contributed by atoms with Crippen molar-refractivity contribution in [2.24, 2.45) is 0 Å². The first-order valence-corrected chi connectivity index (χ1v) is 19.1. The molecule has 0 unspecified atom stereocenters. The molecule has 0 aliphatic rings. The Kier molecular flexibility index (Phi) is 9.62. The van der Waals surface area contributed by atoms with Crippen LogP contribution in [0.3, 0.4) is 0 Å². The number of hydrogen-bond donors (Lipinski definition) is 0. The van der Waals surface area contributed by atoms with E-state index in [1.165, 1.54) is 30.3 Å². The Bertz CT molecular complexity index is 3530. The minimum atomic E-state index is -0.630. The van der Waals surface area contributed by atoms with Crippen LogP contribution in [0.1, 0.15) is 48.9 Å². The third-order valence-corrected chi connectivity index (χ3v) is 10.5. The molecule has 0 fully saturated rings. The number of halogens is 1. The van der Waals surface area contributed by atoms with Crippen LogP contribution < -0.4 is 11.3 Å². The molecule has 0 N–H and O–H groups in total. The van der Waals surface area contributed by atoms with E-state index in [2.05, 4.69) is 0 Å². The molecule has 0 atom stereocenters. The Morgan fingerprint density at radius 3 is 1.48 bits per heavy atom. The van der Waals surface area contributed by atoms with Gasteiger partial charge in [0.05, 0.1) is 28.0 Å². The molecule has 294 valence electrons. The molecule has 0 amide bonds. The summed E-state index contributed by atoms with van der Waals surface area (Å²) in [6.07, 6.45) is 0. The average Bonchev–Trinajstić information content (AvgIpc) is 3.87. The van der Waals surface area contributed by atoms with Crippen LogP contribution in [0.5, 0.6) is 0 Å². The van der Waals surface area contributed by atoms with E-state index >= 15 is 0 Å². The average molecular weight is 804 g/mol. The van der Waals surface area contributed by atoms with Crippen molar-refractivity contribution in [2.75, 3.05) is 0 Å². The van der Waals surface area contributed by atoms with Crippen LogP contribution in [0, 0.1) is 31.0 Å². The van der Waals surface area contributed by atoms with Gasteiger partial charge in [-0.25, -0.2) is 14.0 Å². The van der Waals surface area contributed by atoms with Crippen molar-refractivity contribution in [2.45, 2.75) is 13.8 Å². The van der Waals surface area contributed by atoms with E-state index in [9.17, 15) is 23.6 Å². The Hall–Kier alpha value is -8.42. The maximum atomic E-state index is 14.4. The summed E-state index contributed by atoms with van der Waals surface area (Å²) in [4.78, 5) is 50.9. The van der Waals surface area contributed by atoms with Gasteiger partial charge in [-0.3, -0.25) is 9.59 Å². The van der Waals surface area contributed by atoms with Crippen molar-refractivity contribution in [3.8, 4) is 28.3 Å². The van der Waals surface area contributed by atoms with Gasteiger partial charge in [-0.1, -0.05) is 72.8 Å². The highest BCUT2D eigenvalue weighted by molar-refractivity contribution is 6.21. The molecule has 6 aromatic carbocycles. The molecular weight excluding hydrogens is 774 g/mol. The number of rotatable bonds is 6. The molecule has 10 heteroatoms. The van der Waals surface area contributed by atoms with Gasteiger partial charge in [0.25, 0.3) is 0 Å². The number of nitrogens with zero attached hydrogens (tertiary/aromatic N) is 1. The summed E-state index contributed by atoms with van der Waals surface area (Å²) in [7, 11) is 0. The van der Waals surface area contributed by atoms with Gasteiger partial charge in [0.1, 0.15) is 28.1 Å². The number of fused-ring (bicyclic) bond motifs is 6. The second-order valence-corrected chi connectivity index (χ2v) is 14.3. The van der Waals surface area contributed by atoms with Crippen molar-refractivity contribution in [1.29, 1.82) is 5.26 Å². The minimum Gasteiger partial charge on any atom is -0.452 e. The summed E-state index contributed by atoms with van der Waals surface area (Å²) >= 11 is 0. The van der Waals surface area contributed by atoms with E-state index in [1.807, 2.05) is 86.6 Å². The predicted molar refractivity (Wildman–Crippen MR) is 229 cm³/mol. The van der Waals surface area contributed by atoms with Gasteiger partial charge in [-0.05, 0) is 96.8 Å². The van der Waals surface area contributed by atoms with Crippen molar-refractivity contribution >= 4 is 55.4 Å². The lowest BCUT2D eigenvalue weighted by Gasteiger charge is -2.06. The lowest BCUT2D eigenvalue weighted by Crippen LogP contribution is -2.04. The van der Waals surface area contributed by atoms with Crippen molar-refractivity contribution in [3.05, 3.63) is 212 Å². The summed E-state index contributed by atoms with van der Waals surface area (Å²) in [5.74, 6) is -1.37. The van der Waals surface area contributed by atoms with E-state index in [-0.39, 0.29) is 22.9 Å². The van der Waals surface area contributed by atoms with Gasteiger partial charge < -0.3 is 17.7 Å².